The first-order chi connectivity index (χ1) is 9.15. The van der Waals surface area contributed by atoms with E-state index in [9.17, 15) is 4.39 Å². The molecular weight excluding hydrogens is 305 g/mol. The van der Waals surface area contributed by atoms with Crippen LogP contribution in [0.1, 0.15) is 29.5 Å². The van der Waals surface area contributed by atoms with Gasteiger partial charge in [0.05, 0.1) is 0 Å². The Bertz CT molecular complexity index is 564. The smallest absolute Gasteiger partial charge is 0.124 e. The Hall–Kier alpha value is -1.19. The molecule has 0 spiro atoms. The molecular formula is C16H15BrFN. The standard InChI is InChI=1S/C16H15BrFN/c17-12-6-11(7-13(18)8-12)16(19)15-9-14(15)10-4-2-1-3-5-10/h1-8,14-16H,9,19H2. The molecule has 1 fully saturated rings. The van der Waals surface area contributed by atoms with Crippen molar-refractivity contribution in [3.63, 3.8) is 0 Å². The Morgan fingerprint density at radius 3 is 2.58 bits per heavy atom. The molecule has 3 heteroatoms. The average Bonchev–Trinajstić information content (AvgIpc) is 3.18. The minimum absolute atomic E-state index is 0.0998. The van der Waals surface area contributed by atoms with Crippen LogP contribution in [0.15, 0.2) is 53.0 Å². The minimum atomic E-state index is -0.239. The van der Waals surface area contributed by atoms with Gasteiger partial charge in [-0.1, -0.05) is 46.3 Å². The van der Waals surface area contributed by atoms with Gasteiger partial charge in [0, 0.05) is 10.5 Å². The van der Waals surface area contributed by atoms with Crippen LogP contribution in [0.25, 0.3) is 0 Å². The number of rotatable bonds is 3. The van der Waals surface area contributed by atoms with Crippen molar-refractivity contribution in [2.75, 3.05) is 0 Å². The fourth-order valence-corrected chi connectivity index (χ4v) is 3.19. The first-order valence-corrected chi connectivity index (χ1v) is 7.21. The zero-order chi connectivity index (χ0) is 13.4. The molecule has 0 saturated heterocycles. The van der Waals surface area contributed by atoms with E-state index >= 15 is 0 Å². The first kappa shape index (κ1) is 12.8. The minimum Gasteiger partial charge on any atom is -0.324 e. The lowest BCUT2D eigenvalue weighted by Crippen LogP contribution is -2.13. The van der Waals surface area contributed by atoms with Gasteiger partial charge in [-0.05, 0) is 47.6 Å². The van der Waals surface area contributed by atoms with Crippen LogP contribution in [0.3, 0.4) is 0 Å². The molecule has 3 atom stereocenters. The number of nitrogens with two attached hydrogens (primary N) is 1. The van der Waals surface area contributed by atoms with E-state index in [1.54, 1.807) is 0 Å². The van der Waals surface area contributed by atoms with Gasteiger partial charge in [-0.2, -0.15) is 0 Å². The summed E-state index contributed by atoms with van der Waals surface area (Å²) in [5, 5.41) is 0. The van der Waals surface area contributed by atoms with Crippen molar-refractivity contribution in [3.05, 3.63) is 69.9 Å². The third-order valence-corrected chi connectivity index (χ3v) is 4.26. The Morgan fingerprint density at radius 2 is 1.89 bits per heavy atom. The second-order valence-corrected chi connectivity index (χ2v) is 6.06. The predicted octanol–water partition coefficient (Wildman–Crippen LogP) is 4.39. The highest BCUT2D eigenvalue weighted by Gasteiger charge is 2.42. The molecule has 3 unspecified atom stereocenters. The van der Waals surface area contributed by atoms with Gasteiger partial charge in [-0.15, -0.1) is 0 Å². The molecule has 2 aromatic carbocycles. The second-order valence-electron chi connectivity index (χ2n) is 5.15. The zero-order valence-corrected chi connectivity index (χ0v) is 12.0. The number of halogens is 2. The molecule has 19 heavy (non-hydrogen) atoms. The van der Waals surface area contributed by atoms with Gasteiger partial charge < -0.3 is 5.73 Å². The normalized spacial score (nSPS) is 23.1. The van der Waals surface area contributed by atoms with Crippen LogP contribution >= 0.6 is 15.9 Å². The molecule has 0 radical (unpaired) electrons. The number of hydrogen-bond donors (Lipinski definition) is 1. The van der Waals surface area contributed by atoms with Crippen LogP contribution in [-0.2, 0) is 0 Å². The first-order valence-electron chi connectivity index (χ1n) is 6.41. The van der Waals surface area contributed by atoms with Crippen molar-refractivity contribution in [2.45, 2.75) is 18.4 Å². The maximum absolute atomic E-state index is 13.4. The van der Waals surface area contributed by atoms with Gasteiger partial charge in [0.25, 0.3) is 0 Å². The fourth-order valence-electron chi connectivity index (χ4n) is 2.71. The second kappa shape index (κ2) is 5.06. The molecule has 0 heterocycles. The van der Waals surface area contributed by atoms with E-state index in [1.165, 1.54) is 17.7 Å². The number of benzene rings is 2. The van der Waals surface area contributed by atoms with E-state index in [0.29, 0.717) is 11.8 Å². The number of hydrogen-bond acceptors (Lipinski definition) is 1. The molecule has 0 aromatic heterocycles. The van der Waals surface area contributed by atoms with Gasteiger partial charge in [-0.3, -0.25) is 0 Å². The Balaban J connectivity index is 1.78. The zero-order valence-electron chi connectivity index (χ0n) is 10.4. The van der Waals surface area contributed by atoms with Gasteiger partial charge in [0.2, 0.25) is 0 Å². The maximum atomic E-state index is 13.4. The monoisotopic (exact) mass is 319 g/mol. The van der Waals surface area contributed by atoms with E-state index in [-0.39, 0.29) is 11.9 Å². The highest BCUT2D eigenvalue weighted by atomic mass is 79.9. The molecule has 1 saturated carbocycles. The van der Waals surface area contributed by atoms with Crippen molar-refractivity contribution in [2.24, 2.45) is 11.7 Å². The van der Waals surface area contributed by atoms with Gasteiger partial charge >= 0.3 is 0 Å². The Morgan fingerprint density at radius 1 is 1.16 bits per heavy atom. The summed E-state index contributed by atoms with van der Waals surface area (Å²) in [5.74, 6) is 0.686. The average molecular weight is 320 g/mol. The maximum Gasteiger partial charge on any atom is 0.124 e. The van der Waals surface area contributed by atoms with E-state index in [4.69, 9.17) is 5.73 Å². The highest BCUT2D eigenvalue weighted by molar-refractivity contribution is 9.10. The van der Waals surface area contributed by atoms with E-state index in [1.807, 2.05) is 12.1 Å². The Kier molecular flexibility index (Phi) is 3.42. The SMILES string of the molecule is NC(c1cc(F)cc(Br)c1)C1CC1c1ccccc1. The van der Waals surface area contributed by atoms with Crippen LogP contribution in [-0.4, -0.2) is 0 Å². The van der Waals surface area contributed by atoms with Crippen LogP contribution in [0.4, 0.5) is 4.39 Å². The van der Waals surface area contributed by atoms with Crippen molar-refractivity contribution < 1.29 is 4.39 Å². The van der Waals surface area contributed by atoms with Crippen LogP contribution in [0.2, 0.25) is 0 Å². The molecule has 0 aliphatic heterocycles. The lowest BCUT2D eigenvalue weighted by atomic mass is 9.99. The fraction of sp³-hybridized carbons (Fsp3) is 0.250. The lowest BCUT2D eigenvalue weighted by molar-refractivity contribution is 0.592. The molecule has 1 aliphatic rings. The summed E-state index contributed by atoms with van der Waals surface area (Å²) < 4.78 is 14.2. The molecule has 2 aromatic rings. The third-order valence-electron chi connectivity index (χ3n) is 3.80. The summed E-state index contributed by atoms with van der Waals surface area (Å²) in [6, 6.07) is 15.2. The van der Waals surface area contributed by atoms with Crippen molar-refractivity contribution in [1.82, 2.24) is 0 Å². The molecule has 3 rings (SSSR count). The van der Waals surface area contributed by atoms with Gasteiger partial charge in [0.15, 0.2) is 0 Å². The van der Waals surface area contributed by atoms with Gasteiger partial charge in [-0.25, -0.2) is 4.39 Å². The van der Waals surface area contributed by atoms with Gasteiger partial charge in [0.1, 0.15) is 5.82 Å². The quantitative estimate of drug-likeness (QED) is 0.892. The molecule has 2 N–H and O–H groups in total. The summed E-state index contributed by atoms with van der Waals surface area (Å²) in [6.07, 6.45) is 1.08. The lowest BCUT2D eigenvalue weighted by Gasteiger charge is -2.12. The van der Waals surface area contributed by atoms with E-state index in [2.05, 4.69) is 40.2 Å². The van der Waals surface area contributed by atoms with Crippen molar-refractivity contribution >= 4 is 15.9 Å². The van der Waals surface area contributed by atoms with Crippen LogP contribution in [0, 0.1) is 11.7 Å². The van der Waals surface area contributed by atoms with E-state index < -0.39 is 0 Å². The third kappa shape index (κ3) is 2.72. The predicted molar refractivity (Wildman–Crippen MR) is 78.3 cm³/mol. The summed E-state index contributed by atoms with van der Waals surface area (Å²) in [7, 11) is 0. The largest absolute Gasteiger partial charge is 0.324 e. The molecule has 98 valence electrons. The molecule has 0 bridgehead atoms. The highest BCUT2D eigenvalue weighted by Crippen LogP contribution is 2.53. The Labute approximate surface area is 120 Å². The molecule has 1 nitrogen and oxygen atoms in total. The van der Waals surface area contributed by atoms with Crippen LogP contribution < -0.4 is 5.73 Å². The molecule has 1 aliphatic carbocycles. The summed E-state index contributed by atoms with van der Waals surface area (Å²) >= 11 is 3.32. The van der Waals surface area contributed by atoms with Crippen molar-refractivity contribution in [1.29, 1.82) is 0 Å². The van der Waals surface area contributed by atoms with E-state index in [0.717, 1.165) is 16.5 Å². The van der Waals surface area contributed by atoms with Crippen molar-refractivity contribution in [3.8, 4) is 0 Å². The van der Waals surface area contributed by atoms with Crippen LogP contribution in [0.5, 0.6) is 0 Å². The summed E-state index contributed by atoms with van der Waals surface area (Å²) in [6.45, 7) is 0. The summed E-state index contributed by atoms with van der Waals surface area (Å²) in [5.41, 5.74) is 8.48. The molecule has 0 amide bonds. The summed E-state index contributed by atoms with van der Waals surface area (Å²) in [4.78, 5) is 0. The topological polar surface area (TPSA) is 26.0 Å².